The van der Waals surface area contributed by atoms with Crippen molar-refractivity contribution < 1.29 is 34.5 Å². The average molecular weight is 500 g/mol. The molecule has 4 atom stereocenters. The molecule has 1 fully saturated rings. The molecule has 202 valence electrons. The Hall–Kier alpha value is -2.00. The van der Waals surface area contributed by atoms with Crippen LogP contribution in [0.2, 0.25) is 0 Å². The van der Waals surface area contributed by atoms with E-state index in [0.29, 0.717) is 64.2 Å². The Morgan fingerprint density at radius 3 is 2.37 bits per heavy atom. The molecule has 0 unspecified atom stereocenters. The Morgan fingerprint density at radius 1 is 0.914 bits per heavy atom. The Kier molecular flexibility index (Phi) is 17.0. The van der Waals surface area contributed by atoms with Crippen molar-refractivity contribution in [3.05, 3.63) is 22.3 Å². The number of aliphatic hydroxyl groups is 2. The molecule has 0 radical (unpaired) electrons. The van der Waals surface area contributed by atoms with Gasteiger partial charge in [-0.15, -0.1) is 10.1 Å². The molecule has 1 aliphatic carbocycles. The van der Waals surface area contributed by atoms with Crippen LogP contribution in [-0.4, -0.2) is 52.5 Å². The van der Waals surface area contributed by atoms with Gasteiger partial charge < -0.3 is 19.8 Å². The van der Waals surface area contributed by atoms with E-state index in [1.165, 1.54) is 19.3 Å². The van der Waals surface area contributed by atoms with Crippen LogP contribution >= 0.6 is 0 Å². The van der Waals surface area contributed by atoms with E-state index in [4.69, 9.17) is 4.74 Å². The van der Waals surface area contributed by atoms with E-state index in [0.717, 1.165) is 12.8 Å². The Bertz CT molecular complexity index is 639. The van der Waals surface area contributed by atoms with Crippen LogP contribution in [0.1, 0.15) is 103 Å². The standard InChI is InChI=1S/C26H45NO8/c1-2-3-4-5-8-13-21(28)16-17-23-22(24(29)20-25(23)30)14-9-6-7-10-15-26(31)34-18-11-12-19-35-27(32)33/h6,9,22-25,29-30H,2-5,7-8,10-20H2,1H3/b9-6-/t22-,23-,24+,25-/m1/s1. The van der Waals surface area contributed by atoms with E-state index < -0.39 is 17.3 Å². The summed E-state index contributed by atoms with van der Waals surface area (Å²) in [5.74, 6) is -0.161. The van der Waals surface area contributed by atoms with Gasteiger partial charge in [-0.05, 0) is 63.2 Å². The van der Waals surface area contributed by atoms with Crippen molar-refractivity contribution in [1.29, 1.82) is 0 Å². The lowest BCUT2D eigenvalue weighted by Crippen LogP contribution is -2.22. The highest BCUT2D eigenvalue weighted by molar-refractivity contribution is 5.78. The molecule has 0 aromatic rings. The second kappa shape index (κ2) is 19.2. The molecule has 1 rings (SSSR count). The van der Waals surface area contributed by atoms with Gasteiger partial charge in [0.25, 0.3) is 5.09 Å². The number of Topliss-reactive ketones (excluding diaryl/α,β-unsaturated/α-hetero) is 1. The summed E-state index contributed by atoms with van der Waals surface area (Å²) in [7, 11) is 0. The summed E-state index contributed by atoms with van der Waals surface area (Å²) in [6.45, 7) is 2.39. The van der Waals surface area contributed by atoms with E-state index >= 15 is 0 Å². The van der Waals surface area contributed by atoms with Crippen molar-refractivity contribution in [2.75, 3.05) is 13.2 Å². The number of nitrogens with zero attached hydrogens (tertiary/aromatic N) is 1. The molecule has 0 amide bonds. The van der Waals surface area contributed by atoms with Gasteiger partial charge in [-0.2, -0.15) is 0 Å². The lowest BCUT2D eigenvalue weighted by atomic mass is 9.86. The average Bonchev–Trinajstić information content (AvgIpc) is 3.08. The molecule has 0 aliphatic heterocycles. The molecule has 0 aromatic carbocycles. The highest BCUT2D eigenvalue weighted by Crippen LogP contribution is 2.38. The fraction of sp³-hybridized carbons (Fsp3) is 0.846. The van der Waals surface area contributed by atoms with Crippen molar-refractivity contribution in [1.82, 2.24) is 0 Å². The first-order valence-corrected chi connectivity index (χ1v) is 13.3. The third-order valence-corrected chi connectivity index (χ3v) is 6.66. The molecule has 2 N–H and O–H groups in total. The molecule has 0 heterocycles. The lowest BCUT2D eigenvalue weighted by Gasteiger charge is -2.22. The number of carbonyl (C=O) groups is 2. The van der Waals surface area contributed by atoms with Crippen LogP contribution in [-0.2, 0) is 19.2 Å². The van der Waals surface area contributed by atoms with Crippen molar-refractivity contribution in [2.24, 2.45) is 11.8 Å². The number of aliphatic hydroxyl groups excluding tert-OH is 2. The van der Waals surface area contributed by atoms with Crippen LogP contribution in [0.4, 0.5) is 0 Å². The summed E-state index contributed by atoms with van der Waals surface area (Å²) in [6.07, 6.45) is 13.8. The zero-order valence-corrected chi connectivity index (χ0v) is 21.3. The van der Waals surface area contributed by atoms with Gasteiger partial charge >= 0.3 is 5.97 Å². The predicted octanol–water partition coefficient (Wildman–Crippen LogP) is 4.70. The summed E-state index contributed by atoms with van der Waals surface area (Å²) in [5, 5.41) is 29.9. The quantitative estimate of drug-likeness (QED) is 0.0762. The highest BCUT2D eigenvalue weighted by Gasteiger charge is 2.40. The number of carbonyl (C=O) groups excluding carboxylic acids is 2. The van der Waals surface area contributed by atoms with Crippen molar-refractivity contribution in [3.63, 3.8) is 0 Å². The fourth-order valence-corrected chi connectivity index (χ4v) is 4.62. The van der Waals surface area contributed by atoms with Gasteiger partial charge in [-0.25, -0.2) is 0 Å². The van der Waals surface area contributed by atoms with Gasteiger partial charge in [-0.3, -0.25) is 9.59 Å². The monoisotopic (exact) mass is 499 g/mol. The number of esters is 1. The zero-order valence-electron chi connectivity index (χ0n) is 21.3. The summed E-state index contributed by atoms with van der Waals surface area (Å²) in [4.78, 5) is 38.1. The third kappa shape index (κ3) is 14.9. The Balaban J connectivity index is 2.20. The molecular formula is C26H45NO8. The smallest absolute Gasteiger partial charge is 0.305 e. The molecule has 0 saturated heterocycles. The largest absolute Gasteiger partial charge is 0.466 e. The molecule has 35 heavy (non-hydrogen) atoms. The maximum Gasteiger partial charge on any atom is 0.305 e. The van der Waals surface area contributed by atoms with Gasteiger partial charge in [0.05, 0.1) is 25.4 Å². The van der Waals surface area contributed by atoms with Gasteiger partial charge in [0.2, 0.25) is 0 Å². The topological polar surface area (TPSA) is 136 Å². The molecule has 0 aromatic heterocycles. The van der Waals surface area contributed by atoms with Gasteiger partial charge in [0.1, 0.15) is 5.78 Å². The number of allylic oxidation sites excluding steroid dienone is 2. The minimum absolute atomic E-state index is 0.00163. The second-order valence-electron chi connectivity index (χ2n) is 9.52. The van der Waals surface area contributed by atoms with E-state index in [2.05, 4.69) is 11.8 Å². The van der Waals surface area contributed by atoms with Crippen molar-refractivity contribution in [2.45, 2.75) is 115 Å². The molecule has 9 nitrogen and oxygen atoms in total. The number of hydrogen-bond acceptors (Lipinski definition) is 8. The first kappa shape index (κ1) is 31.0. The molecule has 0 spiro atoms. The lowest BCUT2D eigenvalue weighted by molar-refractivity contribution is -0.757. The first-order valence-electron chi connectivity index (χ1n) is 13.3. The summed E-state index contributed by atoms with van der Waals surface area (Å²) >= 11 is 0. The number of hydrogen-bond donors (Lipinski definition) is 2. The summed E-state index contributed by atoms with van der Waals surface area (Å²) in [6, 6.07) is 0. The minimum atomic E-state index is -0.840. The van der Waals surface area contributed by atoms with Crippen LogP contribution in [0.5, 0.6) is 0 Å². The zero-order chi connectivity index (χ0) is 25.9. The van der Waals surface area contributed by atoms with E-state index in [1.807, 2.05) is 12.2 Å². The van der Waals surface area contributed by atoms with E-state index in [-0.39, 0.29) is 36.8 Å². The third-order valence-electron chi connectivity index (χ3n) is 6.66. The fourth-order valence-electron chi connectivity index (χ4n) is 4.62. The van der Waals surface area contributed by atoms with Gasteiger partial charge in [0, 0.05) is 19.3 Å². The molecule has 1 aliphatic rings. The first-order chi connectivity index (χ1) is 16.8. The van der Waals surface area contributed by atoms with E-state index in [9.17, 15) is 29.9 Å². The minimum Gasteiger partial charge on any atom is -0.466 e. The van der Waals surface area contributed by atoms with Crippen molar-refractivity contribution in [3.8, 4) is 0 Å². The van der Waals surface area contributed by atoms with Crippen LogP contribution in [0.25, 0.3) is 0 Å². The molecule has 1 saturated carbocycles. The van der Waals surface area contributed by atoms with Crippen LogP contribution < -0.4 is 0 Å². The SMILES string of the molecule is CCCCCCCC(=O)CC[C@@H]1[C@@H](C/C=C\CCCC(=O)OCCCCO[N+](=O)[O-])[C@@H](O)C[C@H]1O. The summed E-state index contributed by atoms with van der Waals surface area (Å²) < 4.78 is 5.09. The van der Waals surface area contributed by atoms with Crippen LogP contribution in [0.15, 0.2) is 12.2 Å². The number of ketones is 1. The molecule has 0 bridgehead atoms. The van der Waals surface area contributed by atoms with Gasteiger partial charge in [-0.1, -0.05) is 44.8 Å². The predicted molar refractivity (Wildman–Crippen MR) is 132 cm³/mol. The highest BCUT2D eigenvalue weighted by atomic mass is 16.9. The van der Waals surface area contributed by atoms with E-state index in [1.54, 1.807) is 0 Å². The second-order valence-corrected chi connectivity index (χ2v) is 9.52. The van der Waals surface area contributed by atoms with Crippen molar-refractivity contribution >= 4 is 11.8 Å². The van der Waals surface area contributed by atoms with Crippen LogP contribution in [0, 0.1) is 22.0 Å². The summed E-state index contributed by atoms with van der Waals surface area (Å²) in [5.41, 5.74) is 0. The number of rotatable bonds is 21. The molecule has 9 heteroatoms. The maximum atomic E-state index is 12.2. The van der Waals surface area contributed by atoms with Crippen LogP contribution in [0.3, 0.4) is 0 Å². The Labute approximate surface area is 209 Å². The number of ether oxygens (including phenoxy) is 1. The Morgan fingerprint density at radius 2 is 1.63 bits per heavy atom. The van der Waals surface area contributed by atoms with Gasteiger partial charge in [0.15, 0.2) is 0 Å². The maximum absolute atomic E-state index is 12.2. The molecular weight excluding hydrogens is 454 g/mol. The normalized spacial score (nSPS) is 21.9. The number of unbranched alkanes of at least 4 members (excludes halogenated alkanes) is 6.